The standard InChI is InChI=1S/C18H16BrNO4/c1-20(11-15-6-3-9-22-15)18(21)17-8-7-16(24-17)12-23-14-5-2-4-13(19)10-14/h2-10H,11-12H2,1H3. The minimum atomic E-state index is -0.208. The Morgan fingerprint density at radius 1 is 1.17 bits per heavy atom. The van der Waals surface area contributed by atoms with Gasteiger partial charge in [0.15, 0.2) is 5.76 Å². The molecule has 0 N–H and O–H groups in total. The summed E-state index contributed by atoms with van der Waals surface area (Å²) in [6.07, 6.45) is 1.58. The highest BCUT2D eigenvalue weighted by atomic mass is 79.9. The Labute approximate surface area is 147 Å². The largest absolute Gasteiger partial charge is 0.486 e. The molecule has 24 heavy (non-hydrogen) atoms. The molecule has 2 aromatic heterocycles. The topological polar surface area (TPSA) is 55.8 Å². The molecular formula is C18H16BrNO4. The van der Waals surface area contributed by atoms with Crippen LogP contribution in [-0.2, 0) is 13.2 Å². The van der Waals surface area contributed by atoms with Crippen LogP contribution in [0.2, 0.25) is 0 Å². The average Bonchev–Trinajstić information content (AvgIpc) is 3.24. The van der Waals surface area contributed by atoms with E-state index in [1.807, 2.05) is 30.3 Å². The van der Waals surface area contributed by atoms with E-state index >= 15 is 0 Å². The summed E-state index contributed by atoms with van der Waals surface area (Å²) >= 11 is 3.39. The Kier molecular flexibility index (Phi) is 5.05. The number of rotatable bonds is 6. The number of carbonyl (C=O) groups is 1. The molecule has 0 aliphatic heterocycles. The molecule has 124 valence electrons. The molecule has 3 aromatic rings. The maximum atomic E-state index is 12.3. The molecule has 0 aliphatic carbocycles. The first-order valence-electron chi connectivity index (χ1n) is 7.37. The van der Waals surface area contributed by atoms with Gasteiger partial charge in [-0.2, -0.15) is 0 Å². The van der Waals surface area contributed by atoms with Crippen molar-refractivity contribution in [3.63, 3.8) is 0 Å². The van der Waals surface area contributed by atoms with Crippen LogP contribution in [0, 0.1) is 0 Å². The van der Waals surface area contributed by atoms with Gasteiger partial charge in [0.2, 0.25) is 0 Å². The molecule has 0 bridgehead atoms. The van der Waals surface area contributed by atoms with Gasteiger partial charge in [0.1, 0.15) is 23.9 Å². The van der Waals surface area contributed by atoms with Crippen LogP contribution >= 0.6 is 15.9 Å². The van der Waals surface area contributed by atoms with Crippen LogP contribution in [0.15, 0.2) is 68.1 Å². The van der Waals surface area contributed by atoms with Gasteiger partial charge >= 0.3 is 0 Å². The van der Waals surface area contributed by atoms with Crippen molar-refractivity contribution in [3.8, 4) is 5.75 Å². The molecule has 0 fully saturated rings. The summed E-state index contributed by atoms with van der Waals surface area (Å²) in [6.45, 7) is 0.641. The second-order valence-electron chi connectivity index (χ2n) is 5.25. The van der Waals surface area contributed by atoms with Crippen LogP contribution in [0.3, 0.4) is 0 Å². The number of amides is 1. The number of carbonyl (C=O) groups excluding carboxylic acids is 1. The Morgan fingerprint density at radius 2 is 2.04 bits per heavy atom. The first kappa shape index (κ1) is 16.4. The maximum Gasteiger partial charge on any atom is 0.289 e. The predicted molar refractivity (Wildman–Crippen MR) is 91.7 cm³/mol. The predicted octanol–water partition coefficient (Wildman–Crippen LogP) is 4.49. The van der Waals surface area contributed by atoms with Crippen LogP contribution in [0.5, 0.6) is 5.75 Å². The Bertz CT molecular complexity index is 810. The fourth-order valence-corrected chi connectivity index (χ4v) is 2.56. The number of ether oxygens (including phenoxy) is 1. The number of benzene rings is 1. The number of halogens is 1. The van der Waals surface area contributed by atoms with Gasteiger partial charge in [0.25, 0.3) is 5.91 Å². The van der Waals surface area contributed by atoms with Crippen LogP contribution in [0.25, 0.3) is 0 Å². The van der Waals surface area contributed by atoms with Gasteiger partial charge in [-0.15, -0.1) is 0 Å². The molecule has 3 rings (SSSR count). The smallest absolute Gasteiger partial charge is 0.289 e. The Hall–Kier alpha value is -2.47. The summed E-state index contributed by atoms with van der Waals surface area (Å²) in [5, 5.41) is 0. The van der Waals surface area contributed by atoms with E-state index in [1.165, 1.54) is 4.90 Å². The lowest BCUT2D eigenvalue weighted by molar-refractivity contribution is 0.0739. The summed E-state index contributed by atoms with van der Waals surface area (Å²) < 4.78 is 17.4. The van der Waals surface area contributed by atoms with Crippen molar-refractivity contribution in [1.82, 2.24) is 4.90 Å². The summed E-state index contributed by atoms with van der Waals surface area (Å²) in [5.74, 6) is 2.10. The second kappa shape index (κ2) is 7.40. The van der Waals surface area contributed by atoms with Gasteiger partial charge in [0.05, 0.1) is 12.8 Å². The van der Waals surface area contributed by atoms with Crippen LogP contribution < -0.4 is 4.74 Å². The summed E-state index contributed by atoms with van der Waals surface area (Å²) in [7, 11) is 1.70. The van der Waals surface area contributed by atoms with E-state index < -0.39 is 0 Å². The molecule has 0 atom stereocenters. The van der Waals surface area contributed by atoms with Crippen molar-refractivity contribution in [1.29, 1.82) is 0 Å². The van der Waals surface area contributed by atoms with Gasteiger partial charge in [-0.3, -0.25) is 4.79 Å². The molecular weight excluding hydrogens is 374 g/mol. The number of hydrogen-bond acceptors (Lipinski definition) is 4. The van der Waals surface area contributed by atoms with Crippen LogP contribution in [0.1, 0.15) is 22.1 Å². The molecule has 0 radical (unpaired) electrons. The molecule has 0 saturated heterocycles. The summed E-state index contributed by atoms with van der Waals surface area (Å²) in [6, 6.07) is 14.5. The van der Waals surface area contributed by atoms with E-state index in [-0.39, 0.29) is 18.3 Å². The van der Waals surface area contributed by atoms with E-state index in [9.17, 15) is 4.79 Å². The lowest BCUT2D eigenvalue weighted by Gasteiger charge is -2.13. The van der Waals surface area contributed by atoms with Crippen molar-refractivity contribution in [2.75, 3.05) is 7.05 Å². The minimum absolute atomic E-state index is 0.208. The normalized spacial score (nSPS) is 10.6. The average molecular weight is 390 g/mol. The lowest BCUT2D eigenvalue weighted by Crippen LogP contribution is -2.25. The molecule has 2 heterocycles. The third kappa shape index (κ3) is 4.08. The summed E-state index contributed by atoms with van der Waals surface area (Å²) in [5.41, 5.74) is 0. The molecule has 0 saturated carbocycles. The van der Waals surface area contributed by atoms with Crippen molar-refractivity contribution in [2.45, 2.75) is 13.2 Å². The second-order valence-corrected chi connectivity index (χ2v) is 6.17. The monoisotopic (exact) mass is 389 g/mol. The number of hydrogen-bond donors (Lipinski definition) is 0. The molecule has 1 aromatic carbocycles. The zero-order valence-corrected chi connectivity index (χ0v) is 14.7. The molecule has 6 heteroatoms. The van der Waals surface area contributed by atoms with Crippen LogP contribution in [0.4, 0.5) is 0 Å². The number of nitrogens with zero attached hydrogens (tertiary/aromatic N) is 1. The first-order chi connectivity index (χ1) is 11.6. The Balaban J connectivity index is 1.59. The van der Waals surface area contributed by atoms with Gasteiger partial charge in [-0.1, -0.05) is 22.0 Å². The number of furan rings is 2. The first-order valence-corrected chi connectivity index (χ1v) is 8.16. The highest BCUT2D eigenvalue weighted by Crippen LogP contribution is 2.20. The maximum absolute atomic E-state index is 12.3. The van der Waals surface area contributed by atoms with Gasteiger partial charge < -0.3 is 18.5 Å². The molecule has 0 spiro atoms. The fourth-order valence-electron chi connectivity index (χ4n) is 2.18. The van der Waals surface area contributed by atoms with Crippen LogP contribution in [-0.4, -0.2) is 17.9 Å². The third-order valence-electron chi connectivity index (χ3n) is 3.37. The van der Waals surface area contributed by atoms with Gasteiger partial charge in [0, 0.05) is 11.5 Å². The van der Waals surface area contributed by atoms with Gasteiger partial charge in [-0.05, 0) is 42.5 Å². The molecule has 5 nitrogen and oxygen atoms in total. The fraction of sp³-hybridized carbons (Fsp3) is 0.167. The van der Waals surface area contributed by atoms with E-state index in [0.717, 1.165) is 16.0 Å². The zero-order chi connectivity index (χ0) is 16.9. The zero-order valence-electron chi connectivity index (χ0n) is 13.1. The lowest BCUT2D eigenvalue weighted by atomic mass is 10.3. The highest BCUT2D eigenvalue weighted by Gasteiger charge is 2.17. The highest BCUT2D eigenvalue weighted by molar-refractivity contribution is 9.10. The van der Waals surface area contributed by atoms with Crippen molar-refractivity contribution in [3.05, 3.63) is 76.5 Å². The third-order valence-corrected chi connectivity index (χ3v) is 3.86. The quantitative estimate of drug-likeness (QED) is 0.623. The van der Waals surface area contributed by atoms with E-state index in [4.69, 9.17) is 13.6 Å². The van der Waals surface area contributed by atoms with Crippen molar-refractivity contribution < 1.29 is 18.4 Å². The van der Waals surface area contributed by atoms with E-state index in [2.05, 4.69) is 15.9 Å². The minimum Gasteiger partial charge on any atom is -0.486 e. The van der Waals surface area contributed by atoms with Gasteiger partial charge in [-0.25, -0.2) is 0 Å². The van der Waals surface area contributed by atoms with Crippen molar-refractivity contribution in [2.24, 2.45) is 0 Å². The molecule has 0 unspecified atom stereocenters. The van der Waals surface area contributed by atoms with E-state index in [0.29, 0.717) is 12.3 Å². The Morgan fingerprint density at radius 3 is 2.79 bits per heavy atom. The molecule has 0 aliphatic rings. The van der Waals surface area contributed by atoms with Crippen molar-refractivity contribution >= 4 is 21.8 Å². The SMILES string of the molecule is CN(Cc1ccco1)C(=O)c1ccc(COc2cccc(Br)c2)o1. The van der Waals surface area contributed by atoms with E-state index in [1.54, 1.807) is 31.5 Å². The molecule has 1 amide bonds. The summed E-state index contributed by atoms with van der Waals surface area (Å²) in [4.78, 5) is 13.9.